The monoisotopic (exact) mass is 335 g/mol. The minimum Gasteiger partial charge on any atom is -0.388 e. The zero-order valence-electron chi connectivity index (χ0n) is 13.8. The topological polar surface area (TPSA) is 56.7 Å². The van der Waals surface area contributed by atoms with Gasteiger partial charge in [-0.2, -0.15) is 13.2 Å². The zero-order valence-corrected chi connectivity index (χ0v) is 13.8. The van der Waals surface area contributed by atoms with Gasteiger partial charge in [0.25, 0.3) is 0 Å². The lowest BCUT2D eigenvalue weighted by Gasteiger charge is -2.34. The fourth-order valence-electron chi connectivity index (χ4n) is 3.64. The molecule has 2 fully saturated rings. The lowest BCUT2D eigenvalue weighted by atomic mass is 9.84. The molecule has 0 heterocycles. The highest BCUT2D eigenvalue weighted by Gasteiger charge is 2.42. The molecule has 23 heavy (non-hydrogen) atoms. The van der Waals surface area contributed by atoms with E-state index in [4.69, 9.17) is 0 Å². The molecule has 0 spiro atoms. The first kappa shape index (κ1) is 18.4. The molecule has 0 aromatic carbocycles. The van der Waals surface area contributed by atoms with E-state index in [9.17, 15) is 18.3 Å². The Hall–Kier alpha value is -0.980. The summed E-state index contributed by atoms with van der Waals surface area (Å²) in [6.45, 7) is 0.391. The second-order valence-corrected chi connectivity index (χ2v) is 6.96. The van der Waals surface area contributed by atoms with Crippen molar-refractivity contribution in [2.45, 2.75) is 75.6 Å². The van der Waals surface area contributed by atoms with Crippen LogP contribution in [0, 0.1) is 5.92 Å². The Labute approximate surface area is 135 Å². The highest BCUT2D eigenvalue weighted by Crippen LogP contribution is 2.37. The number of hydrogen-bond acceptors (Lipinski definition) is 2. The van der Waals surface area contributed by atoms with E-state index < -0.39 is 17.7 Å². The number of nitrogens with one attached hydrogen (secondary N) is 2. The average molecular weight is 335 g/mol. The van der Waals surface area contributed by atoms with Gasteiger partial charge in [-0.15, -0.1) is 0 Å². The van der Waals surface area contributed by atoms with E-state index in [2.05, 4.69) is 15.6 Å². The van der Waals surface area contributed by atoms with Crippen LogP contribution in [-0.2, 0) is 0 Å². The molecule has 7 heteroatoms. The molecule has 0 amide bonds. The van der Waals surface area contributed by atoms with Crippen molar-refractivity contribution in [1.29, 1.82) is 0 Å². The van der Waals surface area contributed by atoms with Crippen molar-refractivity contribution in [1.82, 2.24) is 10.6 Å². The van der Waals surface area contributed by atoms with Gasteiger partial charge in [0.15, 0.2) is 5.96 Å². The molecule has 0 aliphatic heterocycles. The summed E-state index contributed by atoms with van der Waals surface area (Å²) in [6, 6.07) is -0.220. The second-order valence-electron chi connectivity index (χ2n) is 6.96. The summed E-state index contributed by atoms with van der Waals surface area (Å²) >= 11 is 0. The Morgan fingerprint density at radius 3 is 2.48 bits per heavy atom. The van der Waals surface area contributed by atoms with E-state index in [1.165, 1.54) is 0 Å². The van der Waals surface area contributed by atoms with Gasteiger partial charge in [-0.25, -0.2) is 0 Å². The third-order valence-electron chi connectivity index (χ3n) is 5.07. The van der Waals surface area contributed by atoms with Gasteiger partial charge >= 0.3 is 6.18 Å². The maximum absolute atomic E-state index is 12.9. The van der Waals surface area contributed by atoms with Crippen molar-refractivity contribution in [3.8, 4) is 0 Å². The van der Waals surface area contributed by atoms with E-state index in [0.29, 0.717) is 18.9 Å². The lowest BCUT2D eigenvalue weighted by molar-refractivity contribution is -0.183. The van der Waals surface area contributed by atoms with Gasteiger partial charge < -0.3 is 15.7 Å². The average Bonchev–Trinajstić information content (AvgIpc) is 2.51. The molecule has 0 bridgehead atoms. The third kappa shape index (κ3) is 5.55. The third-order valence-corrected chi connectivity index (χ3v) is 5.07. The minimum absolute atomic E-state index is 0.0917. The molecule has 0 saturated heterocycles. The zero-order chi connectivity index (χ0) is 16.9. The molecule has 4 nitrogen and oxygen atoms in total. The number of hydrogen-bond donors (Lipinski definition) is 3. The van der Waals surface area contributed by atoms with Gasteiger partial charge in [0.2, 0.25) is 0 Å². The van der Waals surface area contributed by atoms with Crippen LogP contribution in [0.3, 0.4) is 0 Å². The molecule has 2 aliphatic carbocycles. The van der Waals surface area contributed by atoms with Crippen LogP contribution < -0.4 is 10.6 Å². The largest absolute Gasteiger partial charge is 0.391 e. The first-order chi connectivity index (χ1) is 10.8. The summed E-state index contributed by atoms with van der Waals surface area (Å²) in [5.74, 6) is -0.744. The summed E-state index contributed by atoms with van der Waals surface area (Å²) in [4.78, 5) is 4.09. The van der Waals surface area contributed by atoms with Crippen molar-refractivity contribution in [3.05, 3.63) is 0 Å². The molecule has 0 aromatic heterocycles. The van der Waals surface area contributed by atoms with Crippen molar-refractivity contribution in [2.75, 3.05) is 13.6 Å². The molecule has 2 saturated carbocycles. The van der Waals surface area contributed by atoms with Gasteiger partial charge in [-0.1, -0.05) is 25.7 Å². The van der Waals surface area contributed by atoms with Crippen LogP contribution in [0.4, 0.5) is 13.2 Å². The van der Waals surface area contributed by atoms with Crippen LogP contribution in [-0.4, -0.2) is 42.5 Å². The molecule has 0 radical (unpaired) electrons. The van der Waals surface area contributed by atoms with E-state index >= 15 is 0 Å². The van der Waals surface area contributed by atoms with E-state index in [-0.39, 0.29) is 18.9 Å². The van der Waals surface area contributed by atoms with Crippen LogP contribution in [0.2, 0.25) is 0 Å². The van der Waals surface area contributed by atoms with E-state index in [0.717, 1.165) is 38.5 Å². The normalized spacial score (nSPS) is 29.2. The Morgan fingerprint density at radius 2 is 1.87 bits per heavy atom. The molecular weight excluding hydrogens is 307 g/mol. The molecule has 0 aromatic rings. The van der Waals surface area contributed by atoms with Gasteiger partial charge in [0, 0.05) is 19.6 Å². The van der Waals surface area contributed by atoms with E-state index in [1.54, 1.807) is 7.05 Å². The number of guanidine groups is 1. The van der Waals surface area contributed by atoms with E-state index in [1.807, 2.05) is 0 Å². The number of nitrogens with zero attached hydrogens (tertiary/aromatic N) is 1. The summed E-state index contributed by atoms with van der Waals surface area (Å²) in [7, 11) is 1.60. The highest BCUT2D eigenvalue weighted by molar-refractivity contribution is 5.80. The number of alkyl halides is 3. The summed E-state index contributed by atoms with van der Waals surface area (Å²) < 4.78 is 38.6. The number of rotatable bonds is 3. The van der Waals surface area contributed by atoms with Gasteiger partial charge in [0.05, 0.1) is 11.5 Å². The molecular formula is C16H28F3N3O. The molecule has 2 unspecified atom stereocenters. The van der Waals surface area contributed by atoms with Crippen molar-refractivity contribution < 1.29 is 18.3 Å². The van der Waals surface area contributed by atoms with Gasteiger partial charge in [-0.3, -0.25) is 4.99 Å². The molecule has 2 rings (SSSR count). The standard InChI is InChI=1S/C16H28F3N3O/c1-20-14(21-11-15(23)8-3-2-4-9-15)22-13-7-5-6-12(10-13)16(17,18)19/h12-13,23H,2-11H2,1H3,(H2,20,21,22). The van der Waals surface area contributed by atoms with Gasteiger partial charge in [0.1, 0.15) is 0 Å². The van der Waals surface area contributed by atoms with Gasteiger partial charge in [-0.05, 0) is 32.1 Å². The molecule has 134 valence electrons. The summed E-state index contributed by atoms with van der Waals surface area (Å²) in [5, 5.41) is 16.7. The summed E-state index contributed by atoms with van der Waals surface area (Å²) in [6.07, 6.45) is 2.18. The minimum atomic E-state index is -4.12. The molecule has 2 atom stereocenters. The molecule has 2 aliphatic rings. The lowest BCUT2D eigenvalue weighted by Crippen LogP contribution is -2.51. The maximum Gasteiger partial charge on any atom is 0.391 e. The number of aliphatic hydroxyl groups is 1. The Balaban J connectivity index is 1.82. The van der Waals surface area contributed by atoms with Crippen LogP contribution in [0.15, 0.2) is 4.99 Å². The van der Waals surface area contributed by atoms with Crippen LogP contribution >= 0.6 is 0 Å². The predicted octanol–water partition coefficient (Wildman–Crippen LogP) is 2.97. The van der Waals surface area contributed by atoms with Crippen LogP contribution in [0.5, 0.6) is 0 Å². The first-order valence-corrected chi connectivity index (χ1v) is 8.59. The maximum atomic E-state index is 12.9. The fraction of sp³-hybridized carbons (Fsp3) is 0.938. The first-order valence-electron chi connectivity index (χ1n) is 8.59. The van der Waals surface area contributed by atoms with Crippen molar-refractivity contribution in [2.24, 2.45) is 10.9 Å². The second kappa shape index (κ2) is 7.73. The number of aliphatic imine (C=N–C) groups is 1. The Morgan fingerprint density at radius 1 is 1.17 bits per heavy atom. The van der Waals surface area contributed by atoms with Crippen molar-refractivity contribution >= 4 is 5.96 Å². The Kier molecular flexibility index (Phi) is 6.17. The van der Waals surface area contributed by atoms with Crippen molar-refractivity contribution in [3.63, 3.8) is 0 Å². The molecule has 3 N–H and O–H groups in total. The van der Waals surface area contributed by atoms with Crippen LogP contribution in [0.1, 0.15) is 57.8 Å². The van der Waals surface area contributed by atoms with Crippen LogP contribution in [0.25, 0.3) is 0 Å². The quantitative estimate of drug-likeness (QED) is 0.549. The summed E-state index contributed by atoms with van der Waals surface area (Å²) in [5.41, 5.74) is -0.725. The SMILES string of the molecule is CN=C(NCC1(O)CCCCC1)NC1CCCC(C(F)(F)F)C1. The highest BCUT2D eigenvalue weighted by atomic mass is 19.4. The fourth-order valence-corrected chi connectivity index (χ4v) is 3.64. The predicted molar refractivity (Wildman–Crippen MR) is 84.3 cm³/mol. The Bertz CT molecular complexity index is 406. The smallest absolute Gasteiger partial charge is 0.388 e. The number of halogens is 3.